The Morgan fingerprint density at radius 2 is 2.04 bits per heavy atom. The summed E-state index contributed by atoms with van der Waals surface area (Å²) in [5, 5.41) is 10.5. The van der Waals surface area contributed by atoms with Crippen molar-refractivity contribution in [2.24, 2.45) is 0 Å². The van der Waals surface area contributed by atoms with Gasteiger partial charge in [0.05, 0.1) is 13.2 Å². The fourth-order valence-electron chi connectivity index (χ4n) is 2.95. The van der Waals surface area contributed by atoms with E-state index in [9.17, 15) is 4.39 Å². The Morgan fingerprint density at radius 1 is 1.19 bits per heavy atom. The van der Waals surface area contributed by atoms with Gasteiger partial charge in [-0.3, -0.25) is 0 Å². The normalized spacial score (nSPS) is 17.5. The zero-order valence-corrected chi connectivity index (χ0v) is 16.3. The first kappa shape index (κ1) is 17.6. The Kier molecular flexibility index (Phi) is 5.28. The van der Waals surface area contributed by atoms with Gasteiger partial charge >= 0.3 is 0 Å². The number of anilines is 1. The molecule has 4 rings (SSSR count). The van der Waals surface area contributed by atoms with Crippen molar-refractivity contribution in [3.05, 3.63) is 75.0 Å². The van der Waals surface area contributed by atoms with Gasteiger partial charge in [-0.1, -0.05) is 51.5 Å². The van der Waals surface area contributed by atoms with Crippen LogP contribution in [0.15, 0.2) is 53.0 Å². The molecule has 1 aromatic heterocycles. The lowest BCUT2D eigenvalue weighted by Crippen LogP contribution is -2.38. The van der Waals surface area contributed by atoms with Crippen LogP contribution in [0.25, 0.3) is 0 Å². The summed E-state index contributed by atoms with van der Waals surface area (Å²) in [7, 11) is 0. The maximum absolute atomic E-state index is 13.0. The molecule has 0 aliphatic carbocycles. The summed E-state index contributed by atoms with van der Waals surface area (Å²) in [6.45, 7) is 2.21. The predicted octanol–water partition coefficient (Wildman–Crippen LogP) is 4.61. The van der Waals surface area contributed by atoms with Gasteiger partial charge < -0.3 is 9.64 Å². The topological polar surface area (TPSA) is 38.2 Å². The van der Waals surface area contributed by atoms with Crippen LogP contribution in [-0.4, -0.2) is 29.9 Å². The van der Waals surface area contributed by atoms with E-state index in [0.29, 0.717) is 13.0 Å². The van der Waals surface area contributed by atoms with E-state index in [1.165, 1.54) is 12.1 Å². The van der Waals surface area contributed by atoms with Gasteiger partial charge in [-0.25, -0.2) is 4.39 Å². The first-order valence-electron chi connectivity index (χ1n) is 8.36. The second kappa shape index (κ2) is 7.82. The van der Waals surface area contributed by atoms with E-state index in [4.69, 9.17) is 4.74 Å². The van der Waals surface area contributed by atoms with Crippen molar-refractivity contribution in [3.63, 3.8) is 0 Å². The SMILES string of the molecule is Fc1ccc(Cc2nnc(N3CCOC(c4cccc(Br)c4)C3)s2)cc1. The zero-order chi connectivity index (χ0) is 17.9. The quantitative estimate of drug-likeness (QED) is 0.601. The second-order valence-corrected chi connectivity index (χ2v) is 8.10. The van der Waals surface area contributed by atoms with Gasteiger partial charge in [0.25, 0.3) is 0 Å². The molecule has 0 spiro atoms. The molecule has 26 heavy (non-hydrogen) atoms. The van der Waals surface area contributed by atoms with Crippen LogP contribution < -0.4 is 4.90 Å². The highest BCUT2D eigenvalue weighted by Crippen LogP contribution is 2.29. The molecular weight excluding hydrogens is 417 g/mol. The Labute approximate surface area is 163 Å². The second-order valence-electron chi connectivity index (χ2n) is 6.14. The molecule has 2 aromatic carbocycles. The fraction of sp³-hybridized carbons (Fsp3) is 0.263. The Bertz CT molecular complexity index is 887. The largest absolute Gasteiger partial charge is 0.370 e. The molecule has 1 aliphatic rings. The minimum Gasteiger partial charge on any atom is -0.370 e. The molecule has 0 N–H and O–H groups in total. The van der Waals surface area contributed by atoms with Gasteiger partial charge in [-0.05, 0) is 35.4 Å². The summed E-state index contributed by atoms with van der Waals surface area (Å²) in [5.74, 6) is -0.224. The van der Waals surface area contributed by atoms with Crippen LogP contribution in [0.1, 0.15) is 22.2 Å². The predicted molar refractivity (Wildman–Crippen MR) is 104 cm³/mol. The minimum absolute atomic E-state index is 0.0192. The molecule has 1 saturated heterocycles. The Hall–Kier alpha value is -1.83. The molecule has 134 valence electrons. The lowest BCUT2D eigenvalue weighted by atomic mass is 10.1. The van der Waals surface area contributed by atoms with Gasteiger partial charge in [0.15, 0.2) is 0 Å². The first-order chi connectivity index (χ1) is 12.7. The van der Waals surface area contributed by atoms with E-state index < -0.39 is 0 Å². The van der Waals surface area contributed by atoms with Gasteiger partial charge in [-0.2, -0.15) is 0 Å². The third-order valence-electron chi connectivity index (χ3n) is 4.28. The van der Waals surface area contributed by atoms with Crippen molar-refractivity contribution < 1.29 is 9.13 Å². The molecule has 1 fully saturated rings. The lowest BCUT2D eigenvalue weighted by molar-refractivity contribution is 0.0397. The number of ether oxygens (including phenoxy) is 1. The van der Waals surface area contributed by atoms with Crippen molar-refractivity contribution in [1.29, 1.82) is 0 Å². The molecule has 0 bridgehead atoms. The van der Waals surface area contributed by atoms with Gasteiger partial charge in [0.2, 0.25) is 5.13 Å². The molecular formula is C19H17BrFN3OS. The van der Waals surface area contributed by atoms with E-state index in [-0.39, 0.29) is 11.9 Å². The number of hydrogen-bond acceptors (Lipinski definition) is 5. The monoisotopic (exact) mass is 433 g/mol. The molecule has 1 unspecified atom stereocenters. The number of hydrogen-bond donors (Lipinski definition) is 0. The van der Waals surface area contributed by atoms with Gasteiger partial charge in [0, 0.05) is 17.4 Å². The highest BCUT2D eigenvalue weighted by molar-refractivity contribution is 9.10. The van der Waals surface area contributed by atoms with E-state index in [1.54, 1.807) is 23.5 Å². The summed E-state index contributed by atoms with van der Waals surface area (Å²) >= 11 is 5.10. The highest BCUT2D eigenvalue weighted by Gasteiger charge is 2.24. The molecule has 0 radical (unpaired) electrons. The van der Waals surface area contributed by atoms with Crippen molar-refractivity contribution in [1.82, 2.24) is 10.2 Å². The maximum atomic E-state index is 13.0. The number of nitrogens with zero attached hydrogens (tertiary/aromatic N) is 3. The van der Waals surface area contributed by atoms with E-state index >= 15 is 0 Å². The van der Waals surface area contributed by atoms with Crippen LogP contribution in [0.5, 0.6) is 0 Å². The third kappa shape index (κ3) is 4.11. The number of benzene rings is 2. The molecule has 3 aromatic rings. The molecule has 0 amide bonds. The van der Waals surface area contributed by atoms with Crippen molar-refractivity contribution >= 4 is 32.4 Å². The van der Waals surface area contributed by atoms with Crippen LogP contribution in [0.3, 0.4) is 0 Å². The smallest absolute Gasteiger partial charge is 0.208 e. The molecule has 4 nitrogen and oxygen atoms in total. The molecule has 1 atom stereocenters. The fourth-order valence-corrected chi connectivity index (χ4v) is 4.28. The van der Waals surface area contributed by atoms with E-state index in [2.05, 4.69) is 43.2 Å². The molecule has 2 heterocycles. The van der Waals surface area contributed by atoms with E-state index in [0.717, 1.165) is 38.8 Å². The van der Waals surface area contributed by atoms with Crippen LogP contribution in [0.4, 0.5) is 9.52 Å². The van der Waals surface area contributed by atoms with E-state index in [1.807, 2.05) is 12.1 Å². The first-order valence-corrected chi connectivity index (χ1v) is 9.97. The number of halogens is 2. The van der Waals surface area contributed by atoms with Crippen molar-refractivity contribution in [3.8, 4) is 0 Å². The summed E-state index contributed by atoms with van der Waals surface area (Å²) < 4.78 is 20.0. The third-order valence-corrected chi connectivity index (χ3v) is 5.76. The molecule has 1 aliphatic heterocycles. The minimum atomic E-state index is -0.224. The van der Waals surface area contributed by atoms with Gasteiger partial charge in [-0.15, -0.1) is 10.2 Å². The van der Waals surface area contributed by atoms with Crippen molar-refractivity contribution in [2.45, 2.75) is 12.5 Å². The van der Waals surface area contributed by atoms with Crippen LogP contribution in [0.2, 0.25) is 0 Å². The lowest BCUT2D eigenvalue weighted by Gasteiger charge is -2.32. The maximum Gasteiger partial charge on any atom is 0.208 e. The van der Waals surface area contributed by atoms with Gasteiger partial charge in [0.1, 0.15) is 16.9 Å². The van der Waals surface area contributed by atoms with Crippen molar-refractivity contribution in [2.75, 3.05) is 24.6 Å². The Balaban J connectivity index is 1.45. The summed E-state index contributed by atoms with van der Waals surface area (Å²) in [6.07, 6.45) is 0.683. The summed E-state index contributed by atoms with van der Waals surface area (Å²) in [5.41, 5.74) is 2.18. The number of rotatable bonds is 4. The summed E-state index contributed by atoms with van der Waals surface area (Å²) in [4.78, 5) is 2.22. The zero-order valence-electron chi connectivity index (χ0n) is 13.9. The highest BCUT2D eigenvalue weighted by atomic mass is 79.9. The Morgan fingerprint density at radius 3 is 2.85 bits per heavy atom. The average Bonchev–Trinajstić information content (AvgIpc) is 3.12. The van der Waals surface area contributed by atoms with Crippen LogP contribution in [0, 0.1) is 5.82 Å². The van der Waals surface area contributed by atoms with Crippen LogP contribution in [-0.2, 0) is 11.2 Å². The number of morpholine rings is 1. The summed E-state index contributed by atoms with van der Waals surface area (Å²) in [6, 6.07) is 14.7. The molecule has 0 saturated carbocycles. The molecule has 7 heteroatoms. The number of aromatic nitrogens is 2. The average molecular weight is 434 g/mol. The van der Waals surface area contributed by atoms with Crippen LogP contribution >= 0.6 is 27.3 Å². The standard InChI is InChI=1S/C19H17BrFN3OS/c20-15-3-1-2-14(11-15)17-12-24(8-9-25-17)19-23-22-18(26-19)10-13-4-6-16(21)7-5-13/h1-7,11,17H,8-10,12H2.